The number of carbonyl (C=O) groups excluding carboxylic acids is 1. The molecular formula is C15H21ClN2OS. The second-order valence-electron chi connectivity index (χ2n) is 4.94. The molecule has 2 N–H and O–H groups in total. The Morgan fingerprint density at radius 1 is 1.30 bits per heavy atom. The van der Waals surface area contributed by atoms with E-state index in [0.717, 1.165) is 5.56 Å². The lowest BCUT2D eigenvalue weighted by Gasteiger charge is -2.33. The molecule has 0 aliphatic heterocycles. The third kappa shape index (κ3) is 3.49. The monoisotopic (exact) mass is 312 g/mol. The molecule has 3 nitrogen and oxygen atoms in total. The van der Waals surface area contributed by atoms with Crippen molar-refractivity contribution in [3.8, 4) is 0 Å². The summed E-state index contributed by atoms with van der Waals surface area (Å²) in [7, 11) is 1.77. The van der Waals surface area contributed by atoms with Gasteiger partial charge in [-0.05, 0) is 30.5 Å². The maximum Gasteiger partial charge on any atom is 0.235 e. The van der Waals surface area contributed by atoms with Crippen molar-refractivity contribution < 1.29 is 4.79 Å². The van der Waals surface area contributed by atoms with Crippen LogP contribution >= 0.6 is 23.8 Å². The number of amides is 1. The maximum absolute atomic E-state index is 12.7. The average molecular weight is 313 g/mol. The van der Waals surface area contributed by atoms with E-state index in [0.29, 0.717) is 24.4 Å². The van der Waals surface area contributed by atoms with Crippen molar-refractivity contribution in [1.29, 1.82) is 0 Å². The van der Waals surface area contributed by atoms with Gasteiger partial charge in [-0.3, -0.25) is 4.79 Å². The summed E-state index contributed by atoms with van der Waals surface area (Å²) in [6.45, 7) is 4.40. The van der Waals surface area contributed by atoms with Crippen LogP contribution in [0, 0.1) is 5.41 Å². The summed E-state index contributed by atoms with van der Waals surface area (Å²) in [5.74, 6) is -0.0232. The molecule has 0 saturated heterocycles. The molecular weight excluding hydrogens is 292 g/mol. The van der Waals surface area contributed by atoms with Crippen molar-refractivity contribution >= 4 is 34.7 Å². The Labute approximate surface area is 131 Å². The number of hydrogen-bond acceptors (Lipinski definition) is 2. The molecule has 1 rings (SSSR count). The van der Waals surface area contributed by atoms with E-state index in [1.165, 1.54) is 0 Å². The standard InChI is InChI=1S/C15H21ClN2OS/c1-4-15(5-2,13(17)20)14(19)18(3)10-11-6-8-12(16)9-7-11/h6-9H,4-5,10H2,1-3H3,(H2,17,20). The first-order chi connectivity index (χ1) is 9.37. The average Bonchev–Trinajstić information content (AvgIpc) is 2.42. The minimum Gasteiger partial charge on any atom is -0.392 e. The summed E-state index contributed by atoms with van der Waals surface area (Å²) in [6, 6.07) is 7.45. The smallest absolute Gasteiger partial charge is 0.235 e. The van der Waals surface area contributed by atoms with Gasteiger partial charge < -0.3 is 10.6 Å². The molecule has 0 saturated carbocycles. The molecule has 1 amide bonds. The van der Waals surface area contributed by atoms with Crippen LogP contribution in [0.5, 0.6) is 0 Å². The van der Waals surface area contributed by atoms with Crippen LogP contribution in [0.1, 0.15) is 32.3 Å². The molecule has 0 aliphatic rings. The van der Waals surface area contributed by atoms with Gasteiger partial charge in [-0.1, -0.05) is 49.8 Å². The first kappa shape index (κ1) is 16.9. The van der Waals surface area contributed by atoms with Crippen LogP contribution in [-0.2, 0) is 11.3 Å². The van der Waals surface area contributed by atoms with Gasteiger partial charge in [0.2, 0.25) is 5.91 Å². The molecule has 0 heterocycles. The molecule has 0 bridgehead atoms. The largest absolute Gasteiger partial charge is 0.392 e. The fourth-order valence-electron chi connectivity index (χ4n) is 2.31. The third-order valence-corrected chi connectivity index (χ3v) is 4.41. The SMILES string of the molecule is CCC(CC)(C(=O)N(C)Cc1ccc(Cl)cc1)C(N)=S. The van der Waals surface area contributed by atoms with Gasteiger partial charge >= 0.3 is 0 Å². The molecule has 0 aromatic heterocycles. The van der Waals surface area contributed by atoms with E-state index >= 15 is 0 Å². The summed E-state index contributed by atoms with van der Waals surface area (Å²) in [5, 5.41) is 0.683. The van der Waals surface area contributed by atoms with Crippen molar-refractivity contribution in [2.45, 2.75) is 33.2 Å². The highest BCUT2D eigenvalue weighted by atomic mass is 35.5. The molecule has 20 heavy (non-hydrogen) atoms. The Bertz CT molecular complexity index is 483. The molecule has 0 fully saturated rings. The van der Waals surface area contributed by atoms with Crippen LogP contribution < -0.4 is 5.73 Å². The van der Waals surface area contributed by atoms with Gasteiger partial charge in [-0.15, -0.1) is 0 Å². The lowest BCUT2D eigenvalue weighted by Crippen LogP contribution is -2.48. The van der Waals surface area contributed by atoms with Crippen LogP contribution in [0.15, 0.2) is 24.3 Å². The van der Waals surface area contributed by atoms with E-state index in [9.17, 15) is 4.79 Å². The molecule has 110 valence electrons. The van der Waals surface area contributed by atoms with Crippen LogP contribution in [0.3, 0.4) is 0 Å². The number of nitrogens with zero attached hydrogens (tertiary/aromatic N) is 1. The van der Waals surface area contributed by atoms with Crippen molar-refractivity contribution in [3.05, 3.63) is 34.9 Å². The van der Waals surface area contributed by atoms with Crippen LogP contribution in [0.25, 0.3) is 0 Å². The Morgan fingerprint density at radius 2 is 1.80 bits per heavy atom. The van der Waals surface area contributed by atoms with Crippen LogP contribution in [0.4, 0.5) is 0 Å². The van der Waals surface area contributed by atoms with Gasteiger partial charge in [0.15, 0.2) is 0 Å². The Balaban J connectivity index is 2.90. The second-order valence-corrected chi connectivity index (χ2v) is 5.82. The quantitative estimate of drug-likeness (QED) is 0.819. The number of carbonyl (C=O) groups is 1. The molecule has 0 spiro atoms. The zero-order chi connectivity index (χ0) is 15.3. The first-order valence-electron chi connectivity index (χ1n) is 6.67. The van der Waals surface area contributed by atoms with E-state index in [4.69, 9.17) is 29.6 Å². The first-order valence-corrected chi connectivity index (χ1v) is 7.46. The van der Waals surface area contributed by atoms with E-state index < -0.39 is 5.41 Å². The minimum absolute atomic E-state index is 0.0232. The predicted molar refractivity (Wildman–Crippen MR) is 87.7 cm³/mol. The Morgan fingerprint density at radius 3 is 2.20 bits per heavy atom. The van der Waals surface area contributed by atoms with Gasteiger partial charge in [0.25, 0.3) is 0 Å². The van der Waals surface area contributed by atoms with Crippen LogP contribution in [0.2, 0.25) is 5.02 Å². The number of hydrogen-bond donors (Lipinski definition) is 1. The summed E-state index contributed by atoms with van der Waals surface area (Å²) in [5.41, 5.74) is 6.09. The van der Waals surface area contributed by atoms with Gasteiger partial charge in [0.1, 0.15) is 0 Å². The number of thiocarbonyl (C=S) groups is 1. The molecule has 0 unspecified atom stereocenters. The van der Waals surface area contributed by atoms with Gasteiger partial charge in [-0.2, -0.15) is 0 Å². The molecule has 0 radical (unpaired) electrons. The van der Waals surface area contributed by atoms with Gasteiger partial charge in [0.05, 0.1) is 10.4 Å². The second kappa shape index (κ2) is 7.04. The lowest BCUT2D eigenvalue weighted by molar-refractivity contribution is -0.137. The molecule has 0 atom stereocenters. The van der Waals surface area contributed by atoms with Crippen LogP contribution in [-0.4, -0.2) is 22.8 Å². The summed E-state index contributed by atoms with van der Waals surface area (Å²) >= 11 is 11.0. The zero-order valence-corrected chi connectivity index (χ0v) is 13.7. The number of halogens is 1. The van der Waals surface area contributed by atoms with Crippen molar-refractivity contribution in [2.24, 2.45) is 11.1 Å². The highest BCUT2D eigenvalue weighted by Crippen LogP contribution is 2.29. The van der Waals surface area contributed by atoms with Gasteiger partial charge in [0, 0.05) is 18.6 Å². The lowest BCUT2D eigenvalue weighted by atomic mass is 9.80. The Hall–Kier alpha value is -1.13. The van der Waals surface area contributed by atoms with Crippen molar-refractivity contribution in [3.63, 3.8) is 0 Å². The predicted octanol–water partition coefficient (Wildman–Crippen LogP) is 3.39. The van der Waals surface area contributed by atoms with E-state index in [2.05, 4.69) is 0 Å². The minimum atomic E-state index is -0.740. The van der Waals surface area contributed by atoms with E-state index in [1.54, 1.807) is 11.9 Å². The fraction of sp³-hybridized carbons (Fsp3) is 0.467. The normalized spacial score (nSPS) is 11.2. The highest BCUT2D eigenvalue weighted by molar-refractivity contribution is 7.80. The number of rotatable bonds is 6. The zero-order valence-electron chi connectivity index (χ0n) is 12.1. The Kier molecular flexibility index (Phi) is 5.96. The van der Waals surface area contributed by atoms with Crippen molar-refractivity contribution in [2.75, 3.05) is 7.05 Å². The number of benzene rings is 1. The summed E-state index contributed by atoms with van der Waals surface area (Å²) < 4.78 is 0. The van der Waals surface area contributed by atoms with Crippen molar-refractivity contribution in [1.82, 2.24) is 4.90 Å². The van der Waals surface area contributed by atoms with E-state index in [1.807, 2.05) is 38.1 Å². The summed E-state index contributed by atoms with van der Waals surface area (Å²) in [4.78, 5) is 14.6. The molecule has 1 aromatic carbocycles. The number of nitrogens with two attached hydrogens (primary N) is 1. The van der Waals surface area contributed by atoms with E-state index in [-0.39, 0.29) is 10.9 Å². The van der Waals surface area contributed by atoms with Gasteiger partial charge in [-0.25, -0.2) is 0 Å². The molecule has 5 heteroatoms. The molecule has 0 aliphatic carbocycles. The molecule has 1 aromatic rings. The maximum atomic E-state index is 12.7. The third-order valence-electron chi connectivity index (χ3n) is 3.77. The topological polar surface area (TPSA) is 46.3 Å². The summed E-state index contributed by atoms with van der Waals surface area (Å²) in [6.07, 6.45) is 1.23. The highest BCUT2D eigenvalue weighted by Gasteiger charge is 2.39. The fourth-order valence-corrected chi connectivity index (χ4v) is 2.81.